The van der Waals surface area contributed by atoms with Gasteiger partial charge >= 0.3 is 0 Å². The van der Waals surface area contributed by atoms with E-state index < -0.39 is 21.3 Å². The molecule has 4 rings (SSSR count). The van der Waals surface area contributed by atoms with Crippen molar-refractivity contribution in [3.63, 3.8) is 0 Å². The van der Waals surface area contributed by atoms with Crippen molar-refractivity contribution in [2.45, 2.75) is 29.6 Å². The van der Waals surface area contributed by atoms with Crippen molar-refractivity contribution >= 4 is 38.3 Å². The van der Waals surface area contributed by atoms with Crippen molar-refractivity contribution in [2.24, 2.45) is 0 Å². The molecule has 0 saturated heterocycles. The van der Waals surface area contributed by atoms with Crippen LogP contribution < -0.4 is 4.72 Å². The number of nitriles is 1. The maximum atomic E-state index is 13.2. The summed E-state index contributed by atoms with van der Waals surface area (Å²) >= 11 is 6.34. The van der Waals surface area contributed by atoms with Gasteiger partial charge in [-0.2, -0.15) is 5.26 Å². The number of benzene rings is 3. The summed E-state index contributed by atoms with van der Waals surface area (Å²) in [5, 5.41) is 11.5. The number of aryl methyl sites for hydroxylation is 1. The summed E-state index contributed by atoms with van der Waals surface area (Å²) in [6.07, 6.45) is 1.47. The predicted molar refractivity (Wildman–Crippen MR) is 111 cm³/mol. The first-order chi connectivity index (χ1) is 13.9. The number of rotatable bonds is 3. The third-order valence-corrected chi connectivity index (χ3v) is 7.07. The van der Waals surface area contributed by atoms with Gasteiger partial charge in [0.25, 0.3) is 15.9 Å². The van der Waals surface area contributed by atoms with Gasteiger partial charge in [0.1, 0.15) is 0 Å². The van der Waals surface area contributed by atoms with Crippen LogP contribution in [0, 0.1) is 11.3 Å². The van der Waals surface area contributed by atoms with Crippen LogP contribution in [0.2, 0.25) is 5.02 Å². The molecule has 0 spiro atoms. The van der Waals surface area contributed by atoms with Gasteiger partial charge in [-0.3, -0.25) is 4.79 Å². The molecule has 0 bridgehead atoms. The number of halogens is 1. The van der Waals surface area contributed by atoms with E-state index in [1.54, 1.807) is 42.5 Å². The fourth-order valence-corrected chi connectivity index (χ4v) is 5.62. The summed E-state index contributed by atoms with van der Waals surface area (Å²) in [7, 11) is -4.19. The Morgan fingerprint density at radius 1 is 1.07 bits per heavy atom. The van der Waals surface area contributed by atoms with Gasteiger partial charge in [-0.05, 0) is 42.3 Å². The Morgan fingerprint density at radius 2 is 1.79 bits per heavy atom. The van der Waals surface area contributed by atoms with Crippen LogP contribution in [0.4, 0.5) is 0 Å². The molecule has 3 aromatic rings. The highest BCUT2D eigenvalue weighted by Crippen LogP contribution is 2.41. The highest BCUT2D eigenvalue weighted by atomic mass is 35.5. The summed E-state index contributed by atoms with van der Waals surface area (Å²) in [6.45, 7) is 0. The second-order valence-electron chi connectivity index (χ2n) is 7.06. The zero-order chi connectivity index (χ0) is 20.6. The minimum atomic E-state index is -4.19. The summed E-state index contributed by atoms with van der Waals surface area (Å²) in [5.41, 5.74) is -0.451. The Labute approximate surface area is 174 Å². The largest absolute Gasteiger partial charge is 0.272 e. The average molecular weight is 425 g/mol. The summed E-state index contributed by atoms with van der Waals surface area (Å²) in [4.78, 5) is 13.2. The van der Waals surface area contributed by atoms with Crippen molar-refractivity contribution in [1.29, 1.82) is 5.26 Å². The first-order valence-corrected chi connectivity index (χ1v) is 11.0. The molecule has 0 heterocycles. The first kappa shape index (κ1) is 19.4. The molecule has 0 fully saturated rings. The van der Waals surface area contributed by atoms with Gasteiger partial charge in [-0.1, -0.05) is 60.1 Å². The molecule has 5 nitrogen and oxygen atoms in total. The normalized spacial score (nSPS) is 18.6. The van der Waals surface area contributed by atoms with Crippen LogP contribution in [-0.4, -0.2) is 14.3 Å². The number of carbonyl (C=O) groups excluding carboxylic acids is 1. The van der Waals surface area contributed by atoms with Gasteiger partial charge in [-0.15, -0.1) is 0 Å². The van der Waals surface area contributed by atoms with Crippen LogP contribution in [0.5, 0.6) is 0 Å². The smallest absolute Gasteiger partial charge is 0.264 e. The van der Waals surface area contributed by atoms with E-state index in [0.717, 1.165) is 10.9 Å². The number of fused-ring (bicyclic) bond motifs is 2. The number of sulfonamides is 1. The minimum absolute atomic E-state index is 0.00719. The van der Waals surface area contributed by atoms with Crippen LogP contribution >= 0.6 is 11.6 Å². The SMILES string of the molecule is N#CC1(C(=O)NS(=O)(=O)c2cccc3ccccc23)CCCc2cccc(Cl)c21. The molecule has 0 radical (unpaired) electrons. The molecular weight excluding hydrogens is 408 g/mol. The number of amides is 1. The molecular formula is C22H17ClN2O3S. The molecule has 29 heavy (non-hydrogen) atoms. The number of hydrogen-bond donors (Lipinski definition) is 1. The molecule has 1 unspecified atom stereocenters. The van der Waals surface area contributed by atoms with Crippen LogP contribution in [-0.2, 0) is 26.7 Å². The fourth-order valence-electron chi connectivity index (χ4n) is 4.01. The molecule has 0 saturated carbocycles. The molecule has 1 aliphatic rings. The Balaban J connectivity index is 1.79. The number of nitrogens with zero attached hydrogens (tertiary/aromatic N) is 1. The fraction of sp³-hybridized carbons (Fsp3) is 0.182. The van der Waals surface area contributed by atoms with E-state index in [9.17, 15) is 18.5 Å². The van der Waals surface area contributed by atoms with Crippen LogP contribution in [0.15, 0.2) is 65.6 Å². The molecule has 1 atom stereocenters. The topological polar surface area (TPSA) is 87.0 Å². The number of carbonyl (C=O) groups is 1. The van der Waals surface area contributed by atoms with Gasteiger partial charge in [0, 0.05) is 16.0 Å². The Morgan fingerprint density at radius 3 is 2.59 bits per heavy atom. The van der Waals surface area contributed by atoms with Gasteiger partial charge in [-0.25, -0.2) is 13.1 Å². The first-order valence-electron chi connectivity index (χ1n) is 9.13. The van der Waals surface area contributed by atoms with E-state index in [4.69, 9.17) is 11.6 Å². The van der Waals surface area contributed by atoms with Crippen molar-refractivity contribution < 1.29 is 13.2 Å². The quantitative estimate of drug-likeness (QED) is 0.685. The molecule has 1 amide bonds. The van der Waals surface area contributed by atoms with E-state index in [-0.39, 0.29) is 11.3 Å². The molecule has 7 heteroatoms. The monoisotopic (exact) mass is 424 g/mol. The minimum Gasteiger partial charge on any atom is -0.272 e. The van der Waals surface area contributed by atoms with E-state index >= 15 is 0 Å². The maximum Gasteiger partial charge on any atom is 0.264 e. The second-order valence-corrected chi connectivity index (χ2v) is 9.11. The molecule has 0 aromatic heterocycles. The van der Waals surface area contributed by atoms with Crippen molar-refractivity contribution in [3.8, 4) is 6.07 Å². The molecule has 0 aliphatic heterocycles. The zero-order valence-electron chi connectivity index (χ0n) is 15.4. The lowest BCUT2D eigenvalue weighted by molar-refractivity contribution is -0.123. The van der Waals surface area contributed by atoms with E-state index in [1.807, 2.05) is 12.1 Å². The zero-order valence-corrected chi connectivity index (χ0v) is 16.9. The Hall–Kier alpha value is -2.88. The van der Waals surface area contributed by atoms with Crippen molar-refractivity contribution in [1.82, 2.24) is 4.72 Å². The lowest BCUT2D eigenvalue weighted by Crippen LogP contribution is -2.47. The second kappa shape index (κ2) is 7.18. The van der Waals surface area contributed by atoms with Gasteiger partial charge < -0.3 is 0 Å². The van der Waals surface area contributed by atoms with Gasteiger partial charge in [0.2, 0.25) is 0 Å². The summed E-state index contributed by atoms with van der Waals surface area (Å²) < 4.78 is 28.3. The van der Waals surface area contributed by atoms with Crippen LogP contribution in [0.25, 0.3) is 10.8 Å². The lowest BCUT2D eigenvalue weighted by atomic mass is 9.70. The number of hydrogen-bond acceptors (Lipinski definition) is 4. The van der Waals surface area contributed by atoms with E-state index in [0.29, 0.717) is 28.8 Å². The average Bonchev–Trinajstić information content (AvgIpc) is 2.72. The third-order valence-electron chi connectivity index (χ3n) is 5.37. The highest BCUT2D eigenvalue weighted by Gasteiger charge is 2.47. The third kappa shape index (κ3) is 3.17. The molecule has 146 valence electrons. The van der Waals surface area contributed by atoms with Crippen LogP contribution in [0.3, 0.4) is 0 Å². The lowest BCUT2D eigenvalue weighted by Gasteiger charge is -2.32. The van der Waals surface area contributed by atoms with Crippen LogP contribution in [0.1, 0.15) is 24.0 Å². The maximum absolute atomic E-state index is 13.2. The molecule has 1 aliphatic carbocycles. The Bertz CT molecular complexity index is 1280. The van der Waals surface area contributed by atoms with Gasteiger partial charge in [0.05, 0.1) is 11.0 Å². The summed E-state index contributed by atoms with van der Waals surface area (Å²) in [6, 6.07) is 19.1. The Kier molecular flexibility index (Phi) is 4.81. The highest BCUT2D eigenvalue weighted by molar-refractivity contribution is 7.90. The summed E-state index contributed by atoms with van der Waals surface area (Å²) in [5.74, 6) is -0.873. The van der Waals surface area contributed by atoms with Crippen molar-refractivity contribution in [3.05, 3.63) is 76.8 Å². The van der Waals surface area contributed by atoms with E-state index in [2.05, 4.69) is 10.8 Å². The molecule has 3 aromatic carbocycles. The standard InChI is InChI=1S/C22H17ClN2O3S/c23-18-11-3-8-16-9-5-13-22(14-24,20(16)18)21(26)25-29(27,28)19-12-4-7-15-6-1-2-10-17(15)19/h1-4,6-8,10-12H,5,9,13H2,(H,25,26). The predicted octanol–water partition coefficient (Wildman–Crippen LogP) is 4.10. The number of nitrogens with one attached hydrogen (secondary N) is 1. The van der Waals surface area contributed by atoms with Gasteiger partial charge in [0.15, 0.2) is 5.41 Å². The van der Waals surface area contributed by atoms with E-state index in [1.165, 1.54) is 6.07 Å². The molecule has 1 N–H and O–H groups in total. The van der Waals surface area contributed by atoms with Crippen molar-refractivity contribution in [2.75, 3.05) is 0 Å².